The molecule has 146 valence electrons. The maximum atomic E-state index is 14.4. The summed E-state index contributed by atoms with van der Waals surface area (Å²) in [7, 11) is 1.49. The molecule has 1 amide bonds. The van der Waals surface area contributed by atoms with Crippen molar-refractivity contribution in [1.29, 1.82) is 0 Å². The van der Waals surface area contributed by atoms with E-state index in [1.807, 2.05) is 0 Å². The van der Waals surface area contributed by atoms with Crippen molar-refractivity contribution in [3.8, 4) is 0 Å². The molecule has 0 saturated carbocycles. The van der Waals surface area contributed by atoms with Gasteiger partial charge in [0, 0.05) is 37.7 Å². The molecule has 3 rings (SSSR count). The van der Waals surface area contributed by atoms with Crippen LogP contribution in [0, 0.1) is 11.7 Å². The Labute approximate surface area is 164 Å². The van der Waals surface area contributed by atoms with Crippen LogP contribution in [-0.4, -0.2) is 50.2 Å². The molecule has 2 atom stereocenters. The summed E-state index contributed by atoms with van der Waals surface area (Å²) in [6, 6.07) is 10.7. The highest BCUT2D eigenvalue weighted by Gasteiger charge is 2.35. The normalized spacial score (nSPS) is 20.6. The molecule has 1 saturated heterocycles. The lowest BCUT2D eigenvalue weighted by molar-refractivity contribution is -0.123. The van der Waals surface area contributed by atoms with Gasteiger partial charge in [0.15, 0.2) is 0 Å². The molecule has 2 unspecified atom stereocenters. The topological polar surface area (TPSA) is 32.8 Å². The van der Waals surface area contributed by atoms with E-state index in [-0.39, 0.29) is 30.3 Å². The average Bonchev–Trinajstić information content (AvgIpc) is 3.17. The summed E-state index contributed by atoms with van der Waals surface area (Å²) in [5.74, 6) is -0.303. The highest BCUT2D eigenvalue weighted by molar-refractivity contribution is 7.09. The number of thiophene rings is 1. The Morgan fingerprint density at radius 2 is 2.15 bits per heavy atom. The first kappa shape index (κ1) is 20.0. The SMILES string of the molecule is COCC(=O)N(c1ccccc1F)C1CCN(CCc2cccs2)CC1C. The predicted octanol–water partition coefficient (Wildman–Crippen LogP) is 3.82. The molecule has 1 aromatic carbocycles. The van der Waals surface area contributed by atoms with Crippen molar-refractivity contribution in [2.75, 3.05) is 38.3 Å². The second kappa shape index (κ2) is 9.44. The summed E-state index contributed by atoms with van der Waals surface area (Å²) in [6.45, 7) is 4.94. The second-order valence-electron chi connectivity index (χ2n) is 7.11. The summed E-state index contributed by atoms with van der Waals surface area (Å²) in [5, 5.41) is 2.11. The van der Waals surface area contributed by atoms with E-state index in [4.69, 9.17) is 4.74 Å². The molecule has 27 heavy (non-hydrogen) atoms. The number of likely N-dealkylation sites (tertiary alicyclic amines) is 1. The van der Waals surface area contributed by atoms with Crippen LogP contribution in [0.2, 0.25) is 0 Å². The lowest BCUT2D eigenvalue weighted by Gasteiger charge is -2.42. The van der Waals surface area contributed by atoms with E-state index in [9.17, 15) is 9.18 Å². The molecule has 0 radical (unpaired) electrons. The maximum Gasteiger partial charge on any atom is 0.253 e. The van der Waals surface area contributed by atoms with Crippen molar-refractivity contribution in [3.05, 3.63) is 52.5 Å². The number of piperidine rings is 1. The van der Waals surface area contributed by atoms with Crippen molar-refractivity contribution >= 4 is 22.9 Å². The molecule has 2 heterocycles. The number of rotatable bonds is 7. The Morgan fingerprint density at radius 1 is 1.33 bits per heavy atom. The van der Waals surface area contributed by atoms with Crippen molar-refractivity contribution in [2.24, 2.45) is 5.92 Å². The lowest BCUT2D eigenvalue weighted by Crippen LogP contribution is -2.53. The summed E-state index contributed by atoms with van der Waals surface area (Å²) in [4.78, 5) is 18.2. The first-order valence-electron chi connectivity index (χ1n) is 9.40. The van der Waals surface area contributed by atoms with Crippen molar-refractivity contribution < 1.29 is 13.9 Å². The number of halogens is 1. The third kappa shape index (κ3) is 4.94. The number of para-hydroxylation sites is 1. The van der Waals surface area contributed by atoms with Gasteiger partial charge in [-0.2, -0.15) is 0 Å². The van der Waals surface area contributed by atoms with Gasteiger partial charge >= 0.3 is 0 Å². The Morgan fingerprint density at radius 3 is 2.81 bits per heavy atom. The van der Waals surface area contributed by atoms with Crippen LogP contribution in [0.1, 0.15) is 18.2 Å². The van der Waals surface area contributed by atoms with Gasteiger partial charge in [0.1, 0.15) is 12.4 Å². The summed E-state index contributed by atoms with van der Waals surface area (Å²) < 4.78 is 19.5. The van der Waals surface area contributed by atoms with Crippen LogP contribution < -0.4 is 4.90 Å². The highest BCUT2D eigenvalue weighted by Crippen LogP contribution is 2.29. The summed E-state index contributed by atoms with van der Waals surface area (Å²) in [5.41, 5.74) is 0.350. The zero-order valence-corrected chi connectivity index (χ0v) is 16.8. The second-order valence-corrected chi connectivity index (χ2v) is 8.14. The standard InChI is InChI=1S/C21H27FN2O2S/c1-16-14-23(11-9-17-6-5-13-27-17)12-10-19(16)24(21(25)15-26-2)20-8-4-3-7-18(20)22/h3-8,13,16,19H,9-12,14-15H2,1-2H3. The Kier molecular flexibility index (Phi) is 6.99. The summed E-state index contributed by atoms with van der Waals surface area (Å²) >= 11 is 1.79. The molecule has 0 N–H and O–H groups in total. The molecular weight excluding hydrogens is 363 g/mol. The van der Waals surface area contributed by atoms with E-state index in [0.29, 0.717) is 5.69 Å². The molecule has 4 nitrogen and oxygen atoms in total. The summed E-state index contributed by atoms with van der Waals surface area (Å²) in [6.07, 6.45) is 1.88. The minimum atomic E-state index is -0.366. The number of methoxy groups -OCH3 is 1. The number of hydrogen-bond donors (Lipinski definition) is 0. The van der Waals surface area contributed by atoms with Gasteiger partial charge in [0.05, 0.1) is 5.69 Å². The van der Waals surface area contributed by atoms with E-state index < -0.39 is 0 Å². The van der Waals surface area contributed by atoms with E-state index in [0.717, 1.165) is 32.5 Å². The predicted molar refractivity (Wildman–Crippen MR) is 108 cm³/mol. The molecule has 6 heteroatoms. The van der Waals surface area contributed by atoms with Gasteiger partial charge in [0.25, 0.3) is 5.91 Å². The van der Waals surface area contributed by atoms with Gasteiger partial charge in [-0.3, -0.25) is 4.79 Å². The zero-order chi connectivity index (χ0) is 19.2. The monoisotopic (exact) mass is 390 g/mol. The Balaban J connectivity index is 1.70. The van der Waals surface area contributed by atoms with Gasteiger partial charge in [-0.05, 0) is 42.3 Å². The lowest BCUT2D eigenvalue weighted by atomic mass is 9.91. The van der Waals surface area contributed by atoms with Gasteiger partial charge in [0.2, 0.25) is 0 Å². The van der Waals surface area contributed by atoms with Crippen LogP contribution >= 0.6 is 11.3 Å². The van der Waals surface area contributed by atoms with Crippen molar-refractivity contribution in [3.63, 3.8) is 0 Å². The fraction of sp³-hybridized carbons (Fsp3) is 0.476. The fourth-order valence-electron chi connectivity index (χ4n) is 3.87. The molecule has 0 bridgehead atoms. The molecular formula is C21H27FN2O2S. The minimum absolute atomic E-state index is 0.0254. The van der Waals surface area contributed by atoms with Crippen molar-refractivity contribution in [2.45, 2.75) is 25.8 Å². The van der Waals surface area contributed by atoms with Gasteiger partial charge in [-0.1, -0.05) is 25.1 Å². The average molecular weight is 391 g/mol. The van der Waals surface area contributed by atoms with E-state index in [1.54, 1.807) is 34.4 Å². The number of benzene rings is 1. The highest BCUT2D eigenvalue weighted by atomic mass is 32.1. The number of nitrogens with zero attached hydrogens (tertiary/aromatic N) is 2. The number of ether oxygens (including phenoxy) is 1. The molecule has 1 fully saturated rings. The van der Waals surface area contributed by atoms with E-state index >= 15 is 0 Å². The van der Waals surface area contributed by atoms with E-state index in [2.05, 4.69) is 29.3 Å². The molecule has 2 aromatic rings. The first-order valence-corrected chi connectivity index (χ1v) is 10.3. The Hall–Kier alpha value is -1.76. The molecule has 0 spiro atoms. The first-order chi connectivity index (χ1) is 13.1. The molecule has 1 aliphatic heterocycles. The van der Waals surface area contributed by atoms with Gasteiger partial charge in [-0.25, -0.2) is 4.39 Å². The number of carbonyl (C=O) groups is 1. The molecule has 1 aromatic heterocycles. The van der Waals surface area contributed by atoms with Crippen molar-refractivity contribution in [1.82, 2.24) is 4.90 Å². The van der Waals surface area contributed by atoms with Crippen LogP contribution in [0.25, 0.3) is 0 Å². The van der Waals surface area contributed by atoms with Gasteiger partial charge < -0.3 is 14.5 Å². The van der Waals surface area contributed by atoms with Crippen LogP contribution in [-0.2, 0) is 16.0 Å². The van der Waals surface area contributed by atoms with Gasteiger partial charge in [-0.15, -0.1) is 11.3 Å². The van der Waals surface area contributed by atoms with Crippen LogP contribution in [0.5, 0.6) is 0 Å². The molecule has 1 aliphatic rings. The third-order valence-electron chi connectivity index (χ3n) is 5.18. The van der Waals surface area contributed by atoms with E-state index in [1.165, 1.54) is 18.1 Å². The van der Waals surface area contributed by atoms with Crippen LogP contribution in [0.15, 0.2) is 41.8 Å². The number of amides is 1. The molecule has 0 aliphatic carbocycles. The Bertz CT molecular complexity index is 738. The third-order valence-corrected chi connectivity index (χ3v) is 6.11. The largest absolute Gasteiger partial charge is 0.375 e. The maximum absolute atomic E-state index is 14.4. The van der Waals surface area contributed by atoms with Crippen LogP contribution in [0.3, 0.4) is 0 Å². The van der Waals surface area contributed by atoms with Crippen LogP contribution in [0.4, 0.5) is 10.1 Å². The quantitative estimate of drug-likeness (QED) is 0.721. The number of carbonyl (C=O) groups excluding carboxylic acids is 1. The fourth-order valence-corrected chi connectivity index (χ4v) is 4.57. The smallest absolute Gasteiger partial charge is 0.253 e. The zero-order valence-electron chi connectivity index (χ0n) is 15.9. The number of hydrogen-bond acceptors (Lipinski definition) is 4. The minimum Gasteiger partial charge on any atom is -0.375 e. The number of anilines is 1.